The molecular formula is C12H18F2N3O3+. The quantitative estimate of drug-likeness (QED) is 0.528. The number of aliphatic hydroxyl groups excluding tert-OH is 1. The number of carbonyl (C=O) groups is 2. The number of aliphatic hydroxyl groups is 1. The van der Waals surface area contributed by atoms with Gasteiger partial charge in [0.25, 0.3) is 5.82 Å². The van der Waals surface area contributed by atoms with E-state index in [4.69, 9.17) is 5.11 Å². The summed E-state index contributed by atoms with van der Waals surface area (Å²) in [5, 5.41) is 10.9. The van der Waals surface area contributed by atoms with Crippen molar-refractivity contribution in [2.75, 3.05) is 13.3 Å². The lowest BCUT2D eigenvalue weighted by Gasteiger charge is -2.05. The molecular weight excluding hydrogens is 272 g/mol. The number of aryl methyl sites for hydroxylation is 1. The summed E-state index contributed by atoms with van der Waals surface area (Å²) in [7, 11) is 1.89. The van der Waals surface area contributed by atoms with Crippen LogP contribution in [0.4, 0.5) is 8.78 Å². The van der Waals surface area contributed by atoms with Crippen LogP contribution in [0, 0.1) is 11.8 Å². The number of aromatic nitrogens is 2. The predicted octanol–water partition coefficient (Wildman–Crippen LogP) is -0.293. The zero-order chi connectivity index (χ0) is 15.3. The first-order valence-corrected chi connectivity index (χ1v) is 6.10. The lowest BCUT2D eigenvalue weighted by atomic mass is 9.98. The molecule has 0 aliphatic carbocycles. The summed E-state index contributed by atoms with van der Waals surface area (Å²) < 4.78 is 25.8. The summed E-state index contributed by atoms with van der Waals surface area (Å²) >= 11 is 0. The van der Waals surface area contributed by atoms with E-state index >= 15 is 0 Å². The zero-order valence-corrected chi connectivity index (χ0v) is 11.3. The van der Waals surface area contributed by atoms with E-state index in [9.17, 15) is 18.4 Å². The number of aromatic amines is 1. The fourth-order valence-electron chi connectivity index (χ4n) is 1.86. The summed E-state index contributed by atoms with van der Waals surface area (Å²) in [5.74, 6) is -2.82. The Morgan fingerprint density at radius 3 is 2.05 bits per heavy atom. The third-order valence-electron chi connectivity index (χ3n) is 3.04. The van der Waals surface area contributed by atoms with Crippen molar-refractivity contribution in [2.24, 2.45) is 18.9 Å². The maximum atomic E-state index is 12.0. The van der Waals surface area contributed by atoms with Gasteiger partial charge in [0.1, 0.15) is 25.7 Å². The van der Waals surface area contributed by atoms with Crippen LogP contribution in [-0.2, 0) is 16.6 Å². The van der Waals surface area contributed by atoms with Crippen molar-refractivity contribution in [2.45, 2.75) is 13.0 Å². The van der Waals surface area contributed by atoms with E-state index in [-0.39, 0.29) is 0 Å². The molecule has 1 aromatic heterocycles. The van der Waals surface area contributed by atoms with Gasteiger partial charge in [0.15, 0.2) is 6.10 Å². The second-order valence-corrected chi connectivity index (χ2v) is 4.51. The van der Waals surface area contributed by atoms with Crippen LogP contribution in [0.25, 0.3) is 0 Å². The highest BCUT2D eigenvalue weighted by Gasteiger charge is 2.41. The fourth-order valence-corrected chi connectivity index (χ4v) is 1.86. The van der Waals surface area contributed by atoms with Crippen molar-refractivity contribution < 1.29 is 28.0 Å². The van der Waals surface area contributed by atoms with Crippen molar-refractivity contribution in [3.05, 3.63) is 18.2 Å². The Kier molecular flexibility index (Phi) is 5.75. The summed E-state index contributed by atoms with van der Waals surface area (Å²) in [5.41, 5.74) is 0. The predicted molar refractivity (Wildman–Crippen MR) is 64.7 cm³/mol. The van der Waals surface area contributed by atoms with E-state index in [1.165, 1.54) is 0 Å². The van der Waals surface area contributed by atoms with E-state index in [0.29, 0.717) is 0 Å². The van der Waals surface area contributed by atoms with Gasteiger partial charge in [0.2, 0.25) is 11.8 Å². The molecule has 3 unspecified atom stereocenters. The molecule has 6 nitrogen and oxygen atoms in total. The van der Waals surface area contributed by atoms with E-state index in [1.54, 1.807) is 13.1 Å². The van der Waals surface area contributed by atoms with Gasteiger partial charge in [-0.3, -0.25) is 23.7 Å². The first-order valence-electron chi connectivity index (χ1n) is 6.10. The summed E-state index contributed by atoms with van der Waals surface area (Å²) in [4.78, 5) is 24.2. The van der Waals surface area contributed by atoms with Gasteiger partial charge in [-0.05, 0) is 6.92 Å². The molecule has 0 spiro atoms. The average Bonchev–Trinajstić information content (AvgIpc) is 2.92. The minimum atomic E-state index is -1.12. The van der Waals surface area contributed by atoms with Gasteiger partial charge in [-0.2, -0.15) is 0 Å². The molecule has 0 radical (unpaired) electrons. The fraction of sp³-hybridized carbons (Fsp3) is 0.583. The van der Waals surface area contributed by atoms with Crippen LogP contribution in [0.1, 0.15) is 18.9 Å². The standard InChI is InChI=1S/C6H7F2NO2.C6H10N2O/c7-1-3-4(2-8)6(11)9-5(3)10;1-5(9)6-7-3-4-8(6)2/h3-4H,1-2H2,(H,9,10,11);3-5,9H,1-2H3/p+1. The smallest absolute Gasteiger partial charge is 0.283 e. The Hall–Kier alpha value is -1.83. The van der Waals surface area contributed by atoms with E-state index in [0.717, 1.165) is 5.82 Å². The summed E-state index contributed by atoms with van der Waals surface area (Å²) in [6, 6.07) is 0. The van der Waals surface area contributed by atoms with E-state index in [2.05, 4.69) is 4.98 Å². The Balaban J connectivity index is 0.000000204. The van der Waals surface area contributed by atoms with Crippen molar-refractivity contribution in [1.29, 1.82) is 0 Å². The normalized spacial score (nSPS) is 23.1. The molecule has 1 aromatic rings. The molecule has 0 saturated carbocycles. The van der Waals surface area contributed by atoms with Crippen LogP contribution in [0.5, 0.6) is 0 Å². The van der Waals surface area contributed by atoms with Gasteiger partial charge in [-0.1, -0.05) is 0 Å². The van der Waals surface area contributed by atoms with Gasteiger partial charge in [0.05, 0.1) is 18.9 Å². The van der Waals surface area contributed by atoms with E-state index < -0.39 is 43.1 Å². The van der Waals surface area contributed by atoms with Crippen LogP contribution in [0.3, 0.4) is 0 Å². The minimum absolute atomic E-state index is 0.412. The largest absolute Gasteiger partial charge is 0.381 e. The molecule has 1 aliphatic rings. The van der Waals surface area contributed by atoms with Crippen molar-refractivity contribution >= 4 is 11.8 Å². The van der Waals surface area contributed by atoms with Gasteiger partial charge in [-0.25, -0.2) is 9.55 Å². The number of carbonyl (C=O) groups excluding carboxylic acids is 2. The number of rotatable bonds is 3. The maximum Gasteiger partial charge on any atom is 0.283 e. The Bertz CT molecular complexity index is 456. The second-order valence-electron chi connectivity index (χ2n) is 4.51. The molecule has 20 heavy (non-hydrogen) atoms. The number of alkyl halides is 2. The molecule has 3 atom stereocenters. The highest BCUT2D eigenvalue weighted by atomic mass is 19.1. The number of nitrogens with zero attached hydrogens (tertiary/aromatic N) is 1. The highest BCUT2D eigenvalue weighted by Crippen LogP contribution is 2.19. The van der Waals surface area contributed by atoms with E-state index in [1.807, 2.05) is 23.1 Å². The number of halogens is 2. The summed E-state index contributed by atoms with van der Waals surface area (Å²) in [6.45, 7) is -0.232. The lowest BCUT2D eigenvalue weighted by molar-refractivity contribution is -0.681. The maximum absolute atomic E-state index is 12.0. The number of H-pyrrole nitrogens is 1. The van der Waals surface area contributed by atoms with Gasteiger partial charge in [0, 0.05) is 0 Å². The van der Waals surface area contributed by atoms with Crippen LogP contribution in [0.15, 0.2) is 12.4 Å². The number of imide groups is 1. The summed E-state index contributed by atoms with van der Waals surface area (Å²) in [6.07, 6.45) is 3.24. The first kappa shape index (κ1) is 16.2. The Morgan fingerprint density at radius 2 is 1.80 bits per heavy atom. The molecule has 1 aliphatic heterocycles. The molecule has 2 heterocycles. The highest BCUT2D eigenvalue weighted by molar-refractivity contribution is 6.05. The number of imidazole rings is 1. The molecule has 112 valence electrons. The van der Waals surface area contributed by atoms with Crippen molar-refractivity contribution in [1.82, 2.24) is 10.3 Å². The van der Waals surface area contributed by atoms with Crippen LogP contribution < -0.4 is 9.88 Å². The molecule has 1 saturated heterocycles. The SMILES string of the molecule is CC(O)c1[nH]cc[n+]1C.O=C1NC(=O)C(CF)C1CF. The van der Waals surface area contributed by atoms with Crippen molar-refractivity contribution in [3.8, 4) is 0 Å². The Morgan fingerprint density at radius 1 is 1.30 bits per heavy atom. The molecule has 3 N–H and O–H groups in total. The number of hydrogen-bond acceptors (Lipinski definition) is 3. The third-order valence-corrected chi connectivity index (χ3v) is 3.04. The minimum Gasteiger partial charge on any atom is -0.381 e. The lowest BCUT2D eigenvalue weighted by Crippen LogP contribution is -2.31. The molecule has 0 bridgehead atoms. The zero-order valence-electron chi connectivity index (χ0n) is 11.3. The average molecular weight is 290 g/mol. The van der Waals surface area contributed by atoms with Crippen LogP contribution >= 0.6 is 0 Å². The number of hydrogen-bond donors (Lipinski definition) is 3. The topological polar surface area (TPSA) is 86.1 Å². The van der Waals surface area contributed by atoms with Crippen molar-refractivity contribution in [3.63, 3.8) is 0 Å². The number of nitrogens with one attached hydrogen (secondary N) is 2. The molecule has 8 heteroatoms. The third kappa shape index (κ3) is 3.60. The van der Waals surface area contributed by atoms with Gasteiger partial charge >= 0.3 is 0 Å². The van der Waals surface area contributed by atoms with Crippen LogP contribution in [-0.4, -0.2) is 35.3 Å². The molecule has 2 amide bonds. The van der Waals surface area contributed by atoms with Crippen LogP contribution in [0.2, 0.25) is 0 Å². The van der Waals surface area contributed by atoms with Gasteiger partial charge < -0.3 is 5.11 Å². The second kappa shape index (κ2) is 7.09. The first-order chi connectivity index (χ1) is 9.42. The number of amides is 2. The van der Waals surface area contributed by atoms with Gasteiger partial charge in [-0.15, -0.1) is 0 Å². The molecule has 1 fully saturated rings. The molecule has 2 rings (SSSR count). The molecule has 0 aromatic carbocycles. The Labute approximate surface area is 114 Å². The monoisotopic (exact) mass is 290 g/mol.